The molecule has 1 heterocycles. The van der Waals surface area contributed by atoms with Crippen LogP contribution < -0.4 is 14.4 Å². The van der Waals surface area contributed by atoms with Crippen LogP contribution in [0.2, 0.25) is 0 Å². The van der Waals surface area contributed by atoms with Crippen LogP contribution in [0, 0.1) is 10.1 Å². The van der Waals surface area contributed by atoms with E-state index in [-0.39, 0.29) is 16.8 Å². The third-order valence-electron chi connectivity index (χ3n) is 4.83. The van der Waals surface area contributed by atoms with Crippen LogP contribution in [0.5, 0.6) is 11.5 Å². The molecule has 0 aliphatic carbocycles. The van der Waals surface area contributed by atoms with Gasteiger partial charge >= 0.3 is 5.97 Å². The molecule has 0 atom stereocenters. The third kappa shape index (κ3) is 3.97. The number of ether oxygens (including phenoxy) is 3. The first-order valence-corrected chi connectivity index (χ1v) is 9.14. The van der Waals surface area contributed by atoms with Crippen LogP contribution in [0.15, 0.2) is 59.3 Å². The zero-order valence-corrected chi connectivity index (χ0v) is 17.4. The van der Waals surface area contributed by atoms with E-state index in [9.17, 15) is 19.7 Å². The summed E-state index contributed by atoms with van der Waals surface area (Å²) in [6.07, 6.45) is 1.56. The monoisotopic (exact) mass is 424 g/mol. The number of benzene rings is 2. The van der Waals surface area contributed by atoms with Crippen LogP contribution in [-0.4, -0.2) is 38.1 Å². The van der Waals surface area contributed by atoms with Gasteiger partial charge in [0, 0.05) is 23.5 Å². The molecular formula is C22H20N2O7. The predicted octanol–water partition coefficient (Wildman–Crippen LogP) is 3.49. The summed E-state index contributed by atoms with van der Waals surface area (Å²) in [5, 5.41) is 10.9. The molecule has 0 unspecified atom stereocenters. The minimum atomic E-state index is -0.665. The van der Waals surface area contributed by atoms with E-state index in [0.717, 1.165) is 0 Å². The number of hydrogen-bond donors (Lipinski definition) is 0. The molecule has 160 valence electrons. The Labute approximate surface area is 178 Å². The summed E-state index contributed by atoms with van der Waals surface area (Å²) in [6.45, 7) is 1.61. The van der Waals surface area contributed by atoms with Gasteiger partial charge in [0.1, 0.15) is 0 Å². The largest absolute Gasteiger partial charge is 0.493 e. The van der Waals surface area contributed by atoms with Crippen LogP contribution in [0.4, 0.5) is 11.4 Å². The molecular weight excluding hydrogens is 404 g/mol. The van der Waals surface area contributed by atoms with E-state index in [1.165, 1.54) is 50.5 Å². The number of nitro benzene ring substituents is 1. The Morgan fingerprint density at radius 2 is 1.68 bits per heavy atom. The fraction of sp³-hybridized carbons (Fsp3) is 0.182. The van der Waals surface area contributed by atoms with Gasteiger partial charge in [-0.25, -0.2) is 4.79 Å². The molecule has 0 saturated heterocycles. The highest BCUT2D eigenvalue weighted by atomic mass is 16.6. The zero-order chi connectivity index (χ0) is 22.7. The molecule has 3 rings (SSSR count). The van der Waals surface area contributed by atoms with Gasteiger partial charge in [0.2, 0.25) is 0 Å². The lowest BCUT2D eigenvalue weighted by atomic mass is 10.0. The van der Waals surface area contributed by atoms with Crippen LogP contribution in [0.25, 0.3) is 6.08 Å². The van der Waals surface area contributed by atoms with Crippen LogP contribution in [0.3, 0.4) is 0 Å². The van der Waals surface area contributed by atoms with E-state index in [1.54, 1.807) is 31.2 Å². The quantitative estimate of drug-likeness (QED) is 0.302. The first kappa shape index (κ1) is 21.6. The minimum Gasteiger partial charge on any atom is -0.493 e. The van der Waals surface area contributed by atoms with Crippen molar-refractivity contribution < 1.29 is 28.7 Å². The summed E-state index contributed by atoms with van der Waals surface area (Å²) in [6, 6.07) is 10.6. The van der Waals surface area contributed by atoms with Gasteiger partial charge < -0.3 is 14.2 Å². The van der Waals surface area contributed by atoms with E-state index in [0.29, 0.717) is 28.4 Å². The summed E-state index contributed by atoms with van der Waals surface area (Å²) in [7, 11) is 4.24. The maximum Gasteiger partial charge on any atom is 0.340 e. The average molecular weight is 424 g/mol. The number of non-ortho nitro benzene ring substituents is 1. The van der Waals surface area contributed by atoms with Crippen molar-refractivity contribution in [3.63, 3.8) is 0 Å². The average Bonchev–Trinajstić information content (AvgIpc) is 3.02. The summed E-state index contributed by atoms with van der Waals surface area (Å²) >= 11 is 0. The Hall–Kier alpha value is -4.14. The maximum absolute atomic E-state index is 13.3. The molecule has 0 saturated carbocycles. The SMILES string of the molecule is COC(=O)C1=C(C)N(c2ccc([N+](=O)[O-])cc2)C(=O)/C1=C\c1ccc(OC)c(OC)c1. The highest BCUT2D eigenvalue weighted by Crippen LogP contribution is 2.37. The molecule has 1 aliphatic rings. The summed E-state index contributed by atoms with van der Waals surface area (Å²) in [5.74, 6) is -0.131. The van der Waals surface area contributed by atoms with Gasteiger partial charge in [0.25, 0.3) is 11.6 Å². The van der Waals surface area contributed by atoms with Crippen molar-refractivity contribution in [1.29, 1.82) is 0 Å². The summed E-state index contributed by atoms with van der Waals surface area (Å²) < 4.78 is 15.4. The highest BCUT2D eigenvalue weighted by Gasteiger charge is 2.38. The number of anilines is 1. The first-order valence-electron chi connectivity index (χ1n) is 9.14. The van der Waals surface area contributed by atoms with Gasteiger partial charge in [-0.15, -0.1) is 0 Å². The lowest BCUT2D eigenvalue weighted by molar-refractivity contribution is -0.384. The molecule has 0 spiro atoms. The van der Waals surface area contributed by atoms with Crippen molar-refractivity contribution in [2.24, 2.45) is 0 Å². The molecule has 9 heteroatoms. The number of hydrogen-bond acceptors (Lipinski definition) is 7. The predicted molar refractivity (Wildman–Crippen MR) is 113 cm³/mol. The zero-order valence-electron chi connectivity index (χ0n) is 17.4. The van der Waals surface area contributed by atoms with Crippen molar-refractivity contribution in [3.05, 3.63) is 75.0 Å². The Kier molecular flexibility index (Phi) is 6.05. The van der Waals surface area contributed by atoms with Crippen LogP contribution >= 0.6 is 0 Å². The Bertz CT molecular complexity index is 1120. The van der Waals surface area contributed by atoms with Crippen molar-refractivity contribution in [3.8, 4) is 11.5 Å². The number of esters is 1. The number of allylic oxidation sites excluding steroid dienone is 1. The second-order valence-corrected chi connectivity index (χ2v) is 6.54. The molecule has 2 aromatic carbocycles. The molecule has 31 heavy (non-hydrogen) atoms. The number of nitrogens with zero attached hydrogens (tertiary/aromatic N) is 2. The fourth-order valence-electron chi connectivity index (χ4n) is 3.32. The van der Waals surface area contributed by atoms with Crippen LogP contribution in [0.1, 0.15) is 12.5 Å². The van der Waals surface area contributed by atoms with Gasteiger partial charge in [0.05, 0.1) is 37.4 Å². The molecule has 0 N–H and O–H groups in total. The number of amides is 1. The lowest BCUT2D eigenvalue weighted by Crippen LogP contribution is -2.24. The number of carbonyl (C=O) groups is 2. The van der Waals surface area contributed by atoms with Gasteiger partial charge in [-0.3, -0.25) is 19.8 Å². The number of rotatable bonds is 6. The van der Waals surface area contributed by atoms with Gasteiger partial charge in [0.15, 0.2) is 11.5 Å². The van der Waals surface area contributed by atoms with Crippen molar-refractivity contribution in [2.75, 3.05) is 26.2 Å². The Morgan fingerprint density at radius 3 is 2.23 bits per heavy atom. The lowest BCUT2D eigenvalue weighted by Gasteiger charge is -2.17. The molecule has 0 bridgehead atoms. The van der Waals surface area contributed by atoms with Gasteiger partial charge in [-0.1, -0.05) is 6.07 Å². The fourth-order valence-corrected chi connectivity index (χ4v) is 3.32. The van der Waals surface area contributed by atoms with Gasteiger partial charge in [-0.05, 0) is 42.8 Å². The number of nitro groups is 1. The summed E-state index contributed by atoms with van der Waals surface area (Å²) in [5.41, 5.74) is 1.50. The number of methoxy groups -OCH3 is 3. The molecule has 1 amide bonds. The van der Waals surface area contributed by atoms with E-state index in [4.69, 9.17) is 14.2 Å². The third-order valence-corrected chi connectivity index (χ3v) is 4.83. The van der Waals surface area contributed by atoms with Crippen molar-refractivity contribution in [1.82, 2.24) is 0 Å². The second-order valence-electron chi connectivity index (χ2n) is 6.54. The standard InChI is InChI=1S/C22H20N2O7/c1-13-20(22(26)31-4)17(11-14-5-10-18(29-2)19(12-14)30-3)21(25)23(13)15-6-8-16(9-7-15)24(27)28/h5-12H,1-4H3/b17-11-. The van der Waals surface area contributed by atoms with E-state index in [2.05, 4.69) is 0 Å². The first-order chi connectivity index (χ1) is 14.8. The molecule has 0 radical (unpaired) electrons. The van der Waals surface area contributed by atoms with E-state index >= 15 is 0 Å². The molecule has 9 nitrogen and oxygen atoms in total. The maximum atomic E-state index is 13.3. The topological polar surface area (TPSA) is 108 Å². The molecule has 0 fully saturated rings. The Balaban J connectivity index is 2.10. The number of carbonyl (C=O) groups excluding carboxylic acids is 2. The minimum absolute atomic E-state index is 0.105. The van der Waals surface area contributed by atoms with E-state index < -0.39 is 16.8 Å². The second kappa shape index (κ2) is 8.70. The van der Waals surface area contributed by atoms with Crippen molar-refractivity contribution >= 4 is 29.3 Å². The molecule has 0 aromatic heterocycles. The molecule has 1 aliphatic heterocycles. The van der Waals surface area contributed by atoms with Gasteiger partial charge in [-0.2, -0.15) is 0 Å². The normalized spacial score (nSPS) is 14.8. The highest BCUT2D eigenvalue weighted by molar-refractivity contribution is 6.23. The molecule has 2 aromatic rings. The summed E-state index contributed by atoms with van der Waals surface area (Å²) in [4.78, 5) is 37.5. The van der Waals surface area contributed by atoms with Crippen LogP contribution in [-0.2, 0) is 14.3 Å². The van der Waals surface area contributed by atoms with E-state index in [1.807, 2.05) is 0 Å². The van der Waals surface area contributed by atoms with Crippen molar-refractivity contribution in [2.45, 2.75) is 6.92 Å². The Morgan fingerprint density at radius 1 is 1.03 bits per heavy atom. The smallest absolute Gasteiger partial charge is 0.340 e.